The normalized spacial score (nSPS) is 18.2. The van der Waals surface area contributed by atoms with Crippen molar-refractivity contribution in [2.75, 3.05) is 26.2 Å². The highest BCUT2D eigenvalue weighted by Crippen LogP contribution is 2.25. The molecule has 6 heteroatoms. The number of hydrogen-bond donors (Lipinski definition) is 1. The minimum atomic E-state index is 0.0816. The van der Waals surface area contributed by atoms with Crippen LogP contribution in [0, 0.1) is 20.8 Å². The fourth-order valence-electron chi connectivity index (χ4n) is 3.15. The molecular weight excluding hydrogens is 344 g/mol. The zero-order chi connectivity index (χ0) is 18.5. The number of hydrogen-bond acceptors (Lipinski definition) is 4. The van der Waals surface area contributed by atoms with E-state index in [1.165, 1.54) is 16.0 Å². The molecule has 2 heterocycles. The highest BCUT2D eigenvalue weighted by atomic mass is 32.1. The average molecular weight is 373 g/mol. The number of aromatic nitrogens is 1. The summed E-state index contributed by atoms with van der Waals surface area (Å²) in [4.78, 5) is 13.0. The van der Waals surface area contributed by atoms with Crippen molar-refractivity contribution in [3.8, 4) is 0 Å². The molecule has 1 unspecified atom stereocenters. The van der Waals surface area contributed by atoms with E-state index in [1.54, 1.807) is 11.3 Å². The van der Waals surface area contributed by atoms with Gasteiger partial charge in [-0.25, -0.2) is 9.98 Å². The molecule has 0 bridgehead atoms. The SMILES string of the molecule is CCNC(=NCc1nc(C)c(C)s1)N1CCOC(c2ccccc2C)C1. The van der Waals surface area contributed by atoms with Crippen molar-refractivity contribution in [1.29, 1.82) is 0 Å². The van der Waals surface area contributed by atoms with Gasteiger partial charge in [-0.1, -0.05) is 24.3 Å². The maximum absolute atomic E-state index is 6.05. The van der Waals surface area contributed by atoms with Crippen molar-refractivity contribution in [3.05, 3.63) is 51.0 Å². The highest BCUT2D eigenvalue weighted by molar-refractivity contribution is 7.11. The summed E-state index contributed by atoms with van der Waals surface area (Å²) in [7, 11) is 0. The first kappa shape index (κ1) is 18.9. The molecule has 1 aromatic carbocycles. The summed E-state index contributed by atoms with van der Waals surface area (Å²) in [5.74, 6) is 0.944. The van der Waals surface area contributed by atoms with Crippen LogP contribution in [0.25, 0.3) is 0 Å². The summed E-state index contributed by atoms with van der Waals surface area (Å²) >= 11 is 1.73. The Morgan fingerprint density at radius 2 is 2.15 bits per heavy atom. The van der Waals surface area contributed by atoms with Gasteiger partial charge in [-0.3, -0.25) is 0 Å². The Morgan fingerprint density at radius 3 is 2.85 bits per heavy atom. The number of rotatable bonds is 4. The molecule has 5 nitrogen and oxygen atoms in total. The quantitative estimate of drug-likeness (QED) is 0.658. The van der Waals surface area contributed by atoms with E-state index >= 15 is 0 Å². The summed E-state index contributed by atoms with van der Waals surface area (Å²) < 4.78 is 6.05. The zero-order valence-electron chi connectivity index (χ0n) is 16.1. The van der Waals surface area contributed by atoms with Gasteiger partial charge in [0.2, 0.25) is 0 Å². The molecule has 1 aromatic heterocycles. The summed E-state index contributed by atoms with van der Waals surface area (Å²) in [5, 5.41) is 4.50. The van der Waals surface area contributed by atoms with Crippen molar-refractivity contribution in [2.24, 2.45) is 4.99 Å². The van der Waals surface area contributed by atoms with Crippen LogP contribution in [-0.2, 0) is 11.3 Å². The van der Waals surface area contributed by atoms with E-state index in [-0.39, 0.29) is 6.10 Å². The van der Waals surface area contributed by atoms with Crippen LogP contribution in [0.15, 0.2) is 29.3 Å². The predicted octanol–water partition coefficient (Wildman–Crippen LogP) is 3.61. The van der Waals surface area contributed by atoms with Gasteiger partial charge < -0.3 is 15.0 Å². The van der Waals surface area contributed by atoms with Crippen LogP contribution >= 0.6 is 11.3 Å². The maximum Gasteiger partial charge on any atom is 0.194 e. The Morgan fingerprint density at radius 1 is 1.35 bits per heavy atom. The van der Waals surface area contributed by atoms with Gasteiger partial charge in [-0.05, 0) is 38.8 Å². The smallest absolute Gasteiger partial charge is 0.194 e. The Labute approximate surface area is 160 Å². The van der Waals surface area contributed by atoms with Gasteiger partial charge in [0.15, 0.2) is 5.96 Å². The third-order valence-electron chi connectivity index (χ3n) is 4.67. The monoisotopic (exact) mass is 372 g/mol. The molecule has 1 aliphatic rings. The summed E-state index contributed by atoms with van der Waals surface area (Å²) in [6.45, 7) is 12.3. The van der Waals surface area contributed by atoms with E-state index in [1.807, 2.05) is 0 Å². The third-order valence-corrected chi connectivity index (χ3v) is 5.73. The molecule has 0 spiro atoms. The van der Waals surface area contributed by atoms with Crippen molar-refractivity contribution in [1.82, 2.24) is 15.2 Å². The van der Waals surface area contributed by atoms with Crippen LogP contribution in [0.2, 0.25) is 0 Å². The molecule has 0 aliphatic carbocycles. The second kappa shape index (κ2) is 8.64. The fraction of sp³-hybridized carbons (Fsp3) is 0.500. The van der Waals surface area contributed by atoms with Gasteiger partial charge in [0.25, 0.3) is 0 Å². The lowest BCUT2D eigenvalue weighted by atomic mass is 10.0. The number of aryl methyl sites for hydroxylation is 3. The second-order valence-electron chi connectivity index (χ2n) is 6.58. The lowest BCUT2D eigenvalue weighted by molar-refractivity contribution is -0.00834. The average Bonchev–Trinajstić information content (AvgIpc) is 2.97. The van der Waals surface area contributed by atoms with Gasteiger partial charge >= 0.3 is 0 Å². The van der Waals surface area contributed by atoms with Crippen LogP contribution in [-0.4, -0.2) is 42.1 Å². The Bertz CT molecular complexity index is 751. The molecule has 0 radical (unpaired) electrons. The van der Waals surface area contributed by atoms with Crippen LogP contribution in [0.4, 0.5) is 0 Å². The van der Waals surface area contributed by atoms with Gasteiger partial charge in [0, 0.05) is 18.0 Å². The number of ether oxygens (including phenoxy) is 1. The predicted molar refractivity (Wildman–Crippen MR) is 108 cm³/mol. The fourth-order valence-corrected chi connectivity index (χ4v) is 4.01. The topological polar surface area (TPSA) is 49.8 Å². The minimum Gasteiger partial charge on any atom is -0.370 e. The summed E-state index contributed by atoms with van der Waals surface area (Å²) in [6, 6.07) is 8.46. The third kappa shape index (κ3) is 4.43. The number of benzene rings is 1. The molecule has 1 N–H and O–H groups in total. The van der Waals surface area contributed by atoms with Crippen LogP contribution < -0.4 is 5.32 Å². The van der Waals surface area contributed by atoms with E-state index in [4.69, 9.17) is 9.73 Å². The number of thiazole rings is 1. The highest BCUT2D eigenvalue weighted by Gasteiger charge is 2.25. The molecule has 0 saturated carbocycles. The molecule has 1 saturated heterocycles. The lowest BCUT2D eigenvalue weighted by Crippen LogP contribution is -2.48. The second-order valence-corrected chi connectivity index (χ2v) is 7.87. The first-order chi connectivity index (χ1) is 12.6. The number of nitrogens with zero attached hydrogens (tertiary/aromatic N) is 3. The molecule has 1 fully saturated rings. The number of nitrogens with one attached hydrogen (secondary N) is 1. The number of aliphatic imine (C=N–C) groups is 1. The molecule has 3 rings (SSSR count). The lowest BCUT2D eigenvalue weighted by Gasteiger charge is -2.35. The molecular formula is C20H28N4OS. The largest absolute Gasteiger partial charge is 0.370 e. The number of morpholine rings is 1. The van der Waals surface area contributed by atoms with Crippen molar-refractivity contribution >= 4 is 17.3 Å². The van der Waals surface area contributed by atoms with E-state index in [2.05, 4.69) is 67.2 Å². The summed E-state index contributed by atoms with van der Waals surface area (Å²) in [6.07, 6.45) is 0.0816. The van der Waals surface area contributed by atoms with E-state index in [9.17, 15) is 0 Å². The van der Waals surface area contributed by atoms with Crippen LogP contribution in [0.5, 0.6) is 0 Å². The Balaban J connectivity index is 1.74. The first-order valence-electron chi connectivity index (χ1n) is 9.21. The molecule has 1 atom stereocenters. The molecule has 1 aliphatic heterocycles. The van der Waals surface area contributed by atoms with Crippen molar-refractivity contribution in [2.45, 2.75) is 40.3 Å². The molecule has 26 heavy (non-hydrogen) atoms. The minimum absolute atomic E-state index is 0.0816. The van der Waals surface area contributed by atoms with Crippen LogP contribution in [0.1, 0.15) is 39.7 Å². The summed E-state index contributed by atoms with van der Waals surface area (Å²) in [5.41, 5.74) is 3.64. The maximum atomic E-state index is 6.05. The Hall–Kier alpha value is -1.92. The van der Waals surface area contributed by atoms with E-state index < -0.39 is 0 Å². The van der Waals surface area contributed by atoms with Crippen molar-refractivity contribution in [3.63, 3.8) is 0 Å². The van der Waals surface area contributed by atoms with Gasteiger partial charge in [-0.15, -0.1) is 11.3 Å². The van der Waals surface area contributed by atoms with Gasteiger partial charge in [0.1, 0.15) is 11.1 Å². The van der Waals surface area contributed by atoms with Crippen LogP contribution in [0.3, 0.4) is 0 Å². The Kier molecular flexibility index (Phi) is 6.27. The van der Waals surface area contributed by atoms with Gasteiger partial charge in [0.05, 0.1) is 25.4 Å². The molecule has 2 aromatic rings. The first-order valence-corrected chi connectivity index (χ1v) is 10.0. The van der Waals surface area contributed by atoms with Gasteiger partial charge in [-0.2, -0.15) is 0 Å². The standard InChI is InChI=1S/C20H28N4OS/c1-5-21-20(22-12-19-23-15(3)16(4)26-19)24-10-11-25-18(13-24)17-9-7-6-8-14(17)2/h6-9,18H,5,10-13H2,1-4H3,(H,21,22). The van der Waals surface area contributed by atoms with E-state index in [0.717, 1.165) is 36.3 Å². The molecule has 140 valence electrons. The molecule has 0 amide bonds. The number of guanidine groups is 1. The zero-order valence-corrected chi connectivity index (χ0v) is 16.9. The van der Waals surface area contributed by atoms with Crippen molar-refractivity contribution < 1.29 is 4.74 Å². The van der Waals surface area contributed by atoms with E-state index in [0.29, 0.717) is 13.2 Å².